The lowest BCUT2D eigenvalue weighted by atomic mass is 9.98. The van der Waals surface area contributed by atoms with Gasteiger partial charge in [0.2, 0.25) is 0 Å². The van der Waals surface area contributed by atoms with Crippen LogP contribution in [-0.2, 0) is 9.53 Å². The highest BCUT2D eigenvalue weighted by molar-refractivity contribution is 5.76. The second-order valence-electron chi connectivity index (χ2n) is 4.43. The third-order valence-corrected chi connectivity index (χ3v) is 3.04. The van der Waals surface area contributed by atoms with Crippen LogP contribution in [0.4, 0.5) is 4.79 Å². The van der Waals surface area contributed by atoms with Gasteiger partial charge in [0, 0.05) is 26.8 Å². The minimum absolute atomic E-state index is 0.272. The molecular formula is C11H20N2O5. The van der Waals surface area contributed by atoms with Gasteiger partial charge in [0.1, 0.15) is 0 Å². The highest BCUT2D eigenvalue weighted by atomic mass is 16.5. The van der Waals surface area contributed by atoms with Gasteiger partial charge in [0.15, 0.2) is 6.10 Å². The molecule has 1 atom stereocenters. The van der Waals surface area contributed by atoms with Crippen LogP contribution in [-0.4, -0.2) is 66.6 Å². The fourth-order valence-electron chi connectivity index (χ4n) is 1.92. The molecule has 1 aliphatic rings. The van der Waals surface area contributed by atoms with Crippen molar-refractivity contribution in [2.75, 3.05) is 33.4 Å². The first-order valence-electron chi connectivity index (χ1n) is 5.97. The van der Waals surface area contributed by atoms with Gasteiger partial charge in [-0.1, -0.05) is 0 Å². The number of likely N-dealkylation sites (tertiary alicyclic amines) is 1. The zero-order valence-corrected chi connectivity index (χ0v) is 10.5. The Morgan fingerprint density at radius 3 is 2.56 bits per heavy atom. The predicted octanol–water partition coefficient (Wildman–Crippen LogP) is -0.500. The number of aliphatic hydroxyl groups is 1. The van der Waals surface area contributed by atoms with Gasteiger partial charge in [-0.3, -0.25) is 0 Å². The van der Waals surface area contributed by atoms with Crippen molar-refractivity contribution in [3.05, 3.63) is 0 Å². The van der Waals surface area contributed by atoms with Crippen molar-refractivity contribution in [3.8, 4) is 0 Å². The summed E-state index contributed by atoms with van der Waals surface area (Å²) in [6.45, 7) is 1.69. The second kappa shape index (κ2) is 7.17. The number of amides is 2. The maximum absolute atomic E-state index is 11.7. The third-order valence-electron chi connectivity index (χ3n) is 3.04. The number of nitrogens with zero attached hydrogens (tertiary/aromatic N) is 1. The van der Waals surface area contributed by atoms with Gasteiger partial charge < -0.3 is 25.2 Å². The molecule has 0 aliphatic carbocycles. The topological polar surface area (TPSA) is 99.1 Å². The highest BCUT2D eigenvalue weighted by Gasteiger charge is 2.23. The van der Waals surface area contributed by atoms with Crippen LogP contribution in [0.25, 0.3) is 0 Å². The van der Waals surface area contributed by atoms with Gasteiger partial charge in [-0.05, 0) is 18.8 Å². The number of hydrogen-bond donors (Lipinski definition) is 3. The number of nitrogens with one attached hydrogen (secondary N) is 1. The molecule has 18 heavy (non-hydrogen) atoms. The van der Waals surface area contributed by atoms with Crippen molar-refractivity contribution < 1.29 is 24.5 Å². The zero-order chi connectivity index (χ0) is 13.5. The molecule has 0 aromatic carbocycles. The Bertz CT molecular complexity index is 289. The van der Waals surface area contributed by atoms with Crippen molar-refractivity contribution in [2.45, 2.75) is 18.9 Å². The Balaban J connectivity index is 2.25. The van der Waals surface area contributed by atoms with E-state index >= 15 is 0 Å². The second-order valence-corrected chi connectivity index (χ2v) is 4.43. The Morgan fingerprint density at radius 2 is 2.06 bits per heavy atom. The zero-order valence-electron chi connectivity index (χ0n) is 10.5. The number of carboxylic acid groups (broad SMARTS) is 1. The van der Waals surface area contributed by atoms with E-state index in [4.69, 9.17) is 14.9 Å². The Morgan fingerprint density at radius 1 is 1.44 bits per heavy atom. The number of aliphatic carboxylic acids is 1. The molecule has 0 spiro atoms. The number of rotatable bonds is 5. The molecule has 1 fully saturated rings. The maximum Gasteiger partial charge on any atom is 0.334 e. The van der Waals surface area contributed by atoms with Crippen molar-refractivity contribution in [3.63, 3.8) is 0 Å². The number of methoxy groups -OCH3 is 1. The Hall–Kier alpha value is -1.34. The number of hydrogen-bond acceptors (Lipinski definition) is 4. The minimum Gasteiger partial charge on any atom is -0.479 e. The molecule has 0 saturated carbocycles. The van der Waals surface area contributed by atoms with Gasteiger partial charge in [-0.15, -0.1) is 0 Å². The molecule has 0 radical (unpaired) electrons. The van der Waals surface area contributed by atoms with Crippen LogP contribution < -0.4 is 5.32 Å². The van der Waals surface area contributed by atoms with Crippen LogP contribution in [0.5, 0.6) is 0 Å². The summed E-state index contributed by atoms with van der Waals surface area (Å²) < 4.78 is 5.06. The van der Waals surface area contributed by atoms with Crippen LogP contribution in [0.15, 0.2) is 0 Å². The van der Waals surface area contributed by atoms with Crippen molar-refractivity contribution >= 4 is 12.0 Å². The summed E-state index contributed by atoms with van der Waals surface area (Å²) in [6.07, 6.45) is 0.200. The summed E-state index contributed by atoms with van der Waals surface area (Å²) >= 11 is 0. The monoisotopic (exact) mass is 260 g/mol. The molecule has 0 aromatic heterocycles. The van der Waals surface area contributed by atoms with Crippen LogP contribution in [0.3, 0.4) is 0 Å². The molecule has 104 valence electrons. The predicted molar refractivity (Wildman–Crippen MR) is 63.2 cm³/mol. The molecule has 1 saturated heterocycles. The van der Waals surface area contributed by atoms with E-state index in [1.807, 2.05) is 0 Å². The van der Waals surface area contributed by atoms with Crippen LogP contribution in [0.2, 0.25) is 0 Å². The number of ether oxygens (including phenoxy) is 1. The van der Waals surface area contributed by atoms with Gasteiger partial charge in [0.05, 0.1) is 6.54 Å². The number of carbonyl (C=O) groups excluding carboxylic acids is 1. The highest BCUT2D eigenvalue weighted by Crippen LogP contribution is 2.17. The molecule has 1 heterocycles. The largest absolute Gasteiger partial charge is 0.479 e. The molecule has 1 aliphatic heterocycles. The fraction of sp³-hybridized carbons (Fsp3) is 0.818. The lowest BCUT2D eigenvalue weighted by Crippen LogP contribution is -2.47. The lowest BCUT2D eigenvalue weighted by Gasteiger charge is -2.31. The van der Waals surface area contributed by atoms with E-state index in [0.717, 1.165) is 12.8 Å². The number of carboxylic acids is 1. The van der Waals surface area contributed by atoms with E-state index in [-0.39, 0.29) is 12.6 Å². The van der Waals surface area contributed by atoms with Gasteiger partial charge >= 0.3 is 12.0 Å². The smallest absolute Gasteiger partial charge is 0.334 e. The molecule has 7 heteroatoms. The molecule has 1 rings (SSSR count). The number of carbonyl (C=O) groups is 2. The molecule has 7 nitrogen and oxygen atoms in total. The van der Waals surface area contributed by atoms with E-state index in [1.54, 1.807) is 12.0 Å². The standard InChI is InChI=1S/C11H20N2O5/c1-18-7-8-2-4-13(5-3-8)11(17)12-6-9(14)10(15)16/h8-9,14H,2-7H2,1H3,(H,12,17)(H,15,16). The van der Waals surface area contributed by atoms with Crippen molar-refractivity contribution in [1.29, 1.82) is 0 Å². The summed E-state index contributed by atoms with van der Waals surface area (Å²) in [7, 11) is 1.66. The van der Waals surface area contributed by atoms with Gasteiger partial charge in [-0.25, -0.2) is 9.59 Å². The third kappa shape index (κ3) is 4.50. The molecule has 2 amide bonds. The fourth-order valence-corrected chi connectivity index (χ4v) is 1.92. The average molecular weight is 260 g/mol. The SMILES string of the molecule is COCC1CCN(C(=O)NCC(O)C(=O)O)CC1. The van der Waals surface area contributed by atoms with E-state index in [9.17, 15) is 9.59 Å². The normalized spacial score (nSPS) is 18.4. The molecule has 3 N–H and O–H groups in total. The lowest BCUT2D eigenvalue weighted by molar-refractivity contribution is -0.146. The summed E-state index contributed by atoms with van der Waals surface area (Å²) in [5, 5.41) is 19.9. The van der Waals surface area contributed by atoms with Gasteiger partial charge in [-0.2, -0.15) is 0 Å². The quantitative estimate of drug-likeness (QED) is 0.619. The Labute approximate surface area is 106 Å². The van der Waals surface area contributed by atoms with Crippen molar-refractivity contribution in [1.82, 2.24) is 10.2 Å². The summed E-state index contributed by atoms with van der Waals surface area (Å²) in [6, 6.07) is -0.328. The first kappa shape index (κ1) is 14.7. The summed E-state index contributed by atoms with van der Waals surface area (Å²) in [4.78, 5) is 23.7. The Kier molecular flexibility index (Phi) is 5.87. The number of aliphatic hydroxyl groups excluding tert-OH is 1. The average Bonchev–Trinajstić information content (AvgIpc) is 2.36. The summed E-state index contributed by atoms with van der Waals surface area (Å²) in [5.41, 5.74) is 0. The van der Waals surface area contributed by atoms with E-state index in [1.165, 1.54) is 0 Å². The molecule has 1 unspecified atom stereocenters. The molecule has 0 aromatic rings. The van der Waals surface area contributed by atoms with E-state index in [2.05, 4.69) is 5.32 Å². The summed E-state index contributed by atoms with van der Waals surface area (Å²) in [5.74, 6) is -0.863. The van der Waals surface area contributed by atoms with Gasteiger partial charge in [0.25, 0.3) is 0 Å². The molecular weight excluding hydrogens is 240 g/mol. The first-order chi connectivity index (χ1) is 8.54. The van der Waals surface area contributed by atoms with Crippen molar-refractivity contribution in [2.24, 2.45) is 5.92 Å². The minimum atomic E-state index is -1.56. The first-order valence-corrected chi connectivity index (χ1v) is 5.97. The van der Waals surface area contributed by atoms with Crippen LogP contribution in [0, 0.1) is 5.92 Å². The maximum atomic E-state index is 11.7. The van der Waals surface area contributed by atoms with E-state index in [0.29, 0.717) is 25.6 Å². The molecule has 0 bridgehead atoms. The number of urea groups is 1. The van der Waals surface area contributed by atoms with Crippen LogP contribution in [0.1, 0.15) is 12.8 Å². The number of piperidine rings is 1. The van der Waals surface area contributed by atoms with Crippen LogP contribution >= 0.6 is 0 Å². The van der Waals surface area contributed by atoms with E-state index < -0.39 is 12.1 Å².